The molecule has 0 radical (unpaired) electrons. The van der Waals surface area contributed by atoms with Gasteiger partial charge in [0.05, 0.1) is 0 Å². The first-order valence-electron chi connectivity index (χ1n) is 5.98. The van der Waals surface area contributed by atoms with E-state index < -0.39 is 10.0 Å². The van der Waals surface area contributed by atoms with Gasteiger partial charge in [-0.15, -0.1) is 11.3 Å². The van der Waals surface area contributed by atoms with Gasteiger partial charge >= 0.3 is 0 Å². The van der Waals surface area contributed by atoms with Crippen LogP contribution in [0, 0.1) is 17.2 Å². The molecule has 0 N–H and O–H groups in total. The lowest BCUT2D eigenvalue weighted by molar-refractivity contribution is 0.202. The average molecular weight is 284 g/mol. The number of thiophene rings is 1. The van der Waals surface area contributed by atoms with Gasteiger partial charge in [-0.2, -0.15) is 9.57 Å². The number of sulfonamides is 1. The fraction of sp³-hybridized carbons (Fsp3) is 0.583. The van der Waals surface area contributed by atoms with Crippen molar-refractivity contribution in [1.82, 2.24) is 4.31 Å². The van der Waals surface area contributed by atoms with Gasteiger partial charge in [-0.3, -0.25) is 0 Å². The molecule has 1 saturated heterocycles. The highest BCUT2D eigenvalue weighted by Crippen LogP contribution is 2.31. The van der Waals surface area contributed by atoms with Crippen molar-refractivity contribution in [3.8, 4) is 6.07 Å². The Morgan fingerprint density at radius 1 is 1.44 bits per heavy atom. The molecule has 2 unspecified atom stereocenters. The summed E-state index contributed by atoms with van der Waals surface area (Å²) in [7, 11) is -3.43. The molecular formula is C12H16N2O2S2. The molecule has 1 aromatic heterocycles. The van der Waals surface area contributed by atoms with E-state index in [4.69, 9.17) is 5.26 Å². The SMILES string of the molecule is CC1CCCN(S(=O)(=O)c2ccc(C#N)s2)C1C. The second-order valence-electron chi connectivity index (χ2n) is 4.71. The largest absolute Gasteiger partial charge is 0.252 e. The van der Waals surface area contributed by atoms with Crippen LogP contribution in [0.3, 0.4) is 0 Å². The Morgan fingerprint density at radius 3 is 2.78 bits per heavy atom. The number of piperidine rings is 1. The molecule has 1 fully saturated rings. The van der Waals surface area contributed by atoms with Crippen molar-refractivity contribution in [3.63, 3.8) is 0 Å². The molecule has 6 heteroatoms. The van der Waals surface area contributed by atoms with Crippen molar-refractivity contribution in [3.05, 3.63) is 17.0 Å². The van der Waals surface area contributed by atoms with Crippen molar-refractivity contribution in [2.45, 2.75) is 36.9 Å². The minimum Gasteiger partial charge on any atom is -0.206 e. The van der Waals surface area contributed by atoms with E-state index in [1.807, 2.05) is 13.0 Å². The Kier molecular flexibility index (Phi) is 3.76. The van der Waals surface area contributed by atoms with Crippen LogP contribution < -0.4 is 0 Å². The van der Waals surface area contributed by atoms with Crippen LogP contribution in [0.4, 0.5) is 0 Å². The van der Waals surface area contributed by atoms with Gasteiger partial charge in [-0.25, -0.2) is 8.42 Å². The van der Waals surface area contributed by atoms with Crippen LogP contribution in [-0.4, -0.2) is 25.3 Å². The summed E-state index contributed by atoms with van der Waals surface area (Å²) in [5.74, 6) is 0.379. The third-order valence-corrected chi connectivity index (χ3v) is 7.01. The van der Waals surface area contributed by atoms with Crippen molar-refractivity contribution in [1.29, 1.82) is 5.26 Å². The summed E-state index contributed by atoms with van der Waals surface area (Å²) >= 11 is 1.05. The molecule has 2 atom stereocenters. The third kappa shape index (κ3) is 2.30. The molecule has 2 heterocycles. The first kappa shape index (κ1) is 13.5. The summed E-state index contributed by atoms with van der Waals surface area (Å²) in [5, 5.41) is 8.77. The highest BCUT2D eigenvalue weighted by Gasteiger charge is 2.35. The maximum atomic E-state index is 12.5. The number of rotatable bonds is 2. The van der Waals surface area contributed by atoms with E-state index in [-0.39, 0.29) is 10.3 Å². The fourth-order valence-electron chi connectivity index (χ4n) is 2.27. The summed E-state index contributed by atoms with van der Waals surface area (Å²) in [6.07, 6.45) is 1.97. The smallest absolute Gasteiger partial charge is 0.206 e. The van der Waals surface area contributed by atoms with Crippen LogP contribution in [0.25, 0.3) is 0 Å². The van der Waals surface area contributed by atoms with E-state index in [0.717, 1.165) is 24.2 Å². The Balaban J connectivity index is 2.33. The third-order valence-electron chi connectivity index (χ3n) is 3.57. The van der Waals surface area contributed by atoms with Crippen LogP contribution >= 0.6 is 11.3 Å². The molecule has 2 rings (SSSR count). The van der Waals surface area contributed by atoms with Gasteiger partial charge in [0.25, 0.3) is 10.0 Å². The molecule has 1 aliphatic rings. The molecule has 0 aliphatic carbocycles. The van der Waals surface area contributed by atoms with E-state index in [1.165, 1.54) is 6.07 Å². The standard InChI is InChI=1S/C12H16N2O2S2/c1-9-4-3-7-14(10(9)2)18(15,16)12-6-5-11(8-13)17-12/h5-6,9-10H,3-4,7H2,1-2H3. The number of hydrogen-bond acceptors (Lipinski definition) is 4. The summed E-state index contributed by atoms with van der Waals surface area (Å²) < 4.78 is 26.9. The van der Waals surface area contributed by atoms with Crippen molar-refractivity contribution in [2.75, 3.05) is 6.54 Å². The molecule has 98 valence electrons. The Bertz CT molecular complexity index is 571. The van der Waals surface area contributed by atoms with Crippen LogP contribution in [0.2, 0.25) is 0 Å². The molecule has 0 bridgehead atoms. The van der Waals surface area contributed by atoms with Crippen molar-refractivity contribution in [2.24, 2.45) is 5.92 Å². The van der Waals surface area contributed by atoms with Crippen LogP contribution in [-0.2, 0) is 10.0 Å². The predicted molar refractivity (Wildman–Crippen MR) is 70.8 cm³/mol. The van der Waals surface area contributed by atoms with Crippen molar-refractivity contribution >= 4 is 21.4 Å². The average Bonchev–Trinajstić information content (AvgIpc) is 2.81. The van der Waals surface area contributed by atoms with Gasteiger partial charge in [0.15, 0.2) is 0 Å². The zero-order valence-corrected chi connectivity index (χ0v) is 12.1. The zero-order chi connectivity index (χ0) is 13.3. The van der Waals surface area contributed by atoms with E-state index in [0.29, 0.717) is 17.3 Å². The number of hydrogen-bond donors (Lipinski definition) is 0. The van der Waals surface area contributed by atoms with Crippen LogP contribution in [0.15, 0.2) is 16.3 Å². The zero-order valence-electron chi connectivity index (χ0n) is 10.5. The Hall–Kier alpha value is -0.900. The molecule has 0 aromatic carbocycles. The number of nitrogens with zero attached hydrogens (tertiary/aromatic N) is 2. The lowest BCUT2D eigenvalue weighted by Gasteiger charge is -2.36. The Morgan fingerprint density at radius 2 is 2.17 bits per heavy atom. The predicted octanol–water partition coefficient (Wildman–Crippen LogP) is 2.43. The molecule has 1 aliphatic heterocycles. The quantitative estimate of drug-likeness (QED) is 0.838. The first-order valence-corrected chi connectivity index (χ1v) is 8.24. The molecule has 0 saturated carbocycles. The van der Waals surface area contributed by atoms with E-state index in [9.17, 15) is 8.42 Å². The molecule has 4 nitrogen and oxygen atoms in total. The summed E-state index contributed by atoms with van der Waals surface area (Å²) in [6.45, 7) is 4.62. The van der Waals surface area contributed by atoms with Gasteiger partial charge in [0.2, 0.25) is 0 Å². The van der Waals surface area contributed by atoms with Crippen LogP contribution in [0.1, 0.15) is 31.6 Å². The summed E-state index contributed by atoms with van der Waals surface area (Å²) in [4.78, 5) is 0.436. The molecule has 0 spiro atoms. The minimum atomic E-state index is -3.43. The number of nitriles is 1. The van der Waals surface area contributed by atoms with Crippen molar-refractivity contribution < 1.29 is 8.42 Å². The van der Waals surface area contributed by atoms with Gasteiger partial charge in [0, 0.05) is 12.6 Å². The lowest BCUT2D eigenvalue weighted by atomic mass is 9.94. The fourth-order valence-corrected chi connectivity index (χ4v) is 5.27. The molecule has 1 aromatic rings. The van der Waals surface area contributed by atoms with E-state index in [2.05, 4.69) is 6.92 Å². The van der Waals surface area contributed by atoms with Gasteiger partial charge in [-0.1, -0.05) is 6.92 Å². The normalized spacial score (nSPS) is 25.8. The second kappa shape index (κ2) is 5.00. The lowest BCUT2D eigenvalue weighted by Crippen LogP contribution is -2.45. The summed E-state index contributed by atoms with van der Waals surface area (Å²) in [6, 6.07) is 5.10. The molecule has 0 amide bonds. The van der Waals surface area contributed by atoms with Gasteiger partial charge < -0.3 is 0 Å². The van der Waals surface area contributed by atoms with Gasteiger partial charge in [-0.05, 0) is 37.8 Å². The van der Waals surface area contributed by atoms with E-state index >= 15 is 0 Å². The van der Waals surface area contributed by atoms with Gasteiger partial charge in [0.1, 0.15) is 15.2 Å². The second-order valence-corrected chi connectivity index (χ2v) is 7.91. The Labute approximate surface area is 112 Å². The first-order chi connectivity index (χ1) is 8.46. The highest BCUT2D eigenvalue weighted by molar-refractivity contribution is 7.91. The highest BCUT2D eigenvalue weighted by atomic mass is 32.2. The summed E-state index contributed by atoms with van der Waals surface area (Å²) in [5.41, 5.74) is 0. The van der Waals surface area contributed by atoms with Crippen LogP contribution in [0.5, 0.6) is 0 Å². The monoisotopic (exact) mass is 284 g/mol. The maximum Gasteiger partial charge on any atom is 0.252 e. The minimum absolute atomic E-state index is 0.0244. The van der Waals surface area contributed by atoms with E-state index in [1.54, 1.807) is 10.4 Å². The molecule has 18 heavy (non-hydrogen) atoms. The topological polar surface area (TPSA) is 61.2 Å². The maximum absolute atomic E-state index is 12.5. The molecular weight excluding hydrogens is 268 g/mol.